The van der Waals surface area contributed by atoms with Gasteiger partial charge in [-0.25, -0.2) is 4.98 Å². The summed E-state index contributed by atoms with van der Waals surface area (Å²) >= 11 is 0. The number of anilines is 4. The Morgan fingerprint density at radius 3 is 1.88 bits per heavy atom. The van der Waals surface area contributed by atoms with Crippen LogP contribution in [-0.2, 0) is 5.41 Å². The molecule has 0 amide bonds. The number of pyridine rings is 1. The third kappa shape index (κ3) is 6.96. The summed E-state index contributed by atoms with van der Waals surface area (Å²) in [7, 11) is 0. The summed E-state index contributed by atoms with van der Waals surface area (Å²) < 4.78 is 9.26. The van der Waals surface area contributed by atoms with Gasteiger partial charge in [-0.15, -0.1) is 0 Å². The van der Waals surface area contributed by atoms with Crippen molar-refractivity contribution in [1.29, 1.82) is 0 Å². The molecule has 0 unspecified atom stereocenters. The molecule has 0 saturated carbocycles. The lowest BCUT2D eigenvalue weighted by atomic mass is 9.86. The van der Waals surface area contributed by atoms with Gasteiger partial charge in [0.05, 0.1) is 33.8 Å². The minimum Gasteiger partial charge on any atom is -0.457 e. The van der Waals surface area contributed by atoms with Crippen molar-refractivity contribution in [2.45, 2.75) is 26.2 Å². The fourth-order valence-corrected chi connectivity index (χ4v) is 10.5. The summed E-state index contributed by atoms with van der Waals surface area (Å²) in [4.78, 5) is 10.5. The fraction of sp³-hybridized carbons (Fsp3) is 0.0781. The average molecular weight is 889 g/mol. The Kier molecular flexibility index (Phi) is 9.41. The maximum Gasteiger partial charge on any atom is 0.138 e. The predicted octanol–water partition coefficient (Wildman–Crippen LogP) is 17.2. The van der Waals surface area contributed by atoms with E-state index in [1.54, 1.807) is 0 Å². The standard InChI is InChI=1S/C64H48N4O/c1-64(2,3)47-37-57-46-22-14-21-45(35-46)51-25-10-11-26-53(51)55-28-16-27-52(43-19-8-5-9-20-43)63(55)67-41-66(59-29-12-13-30-60(59)67)48-23-15-24-49(39-48)69-50-32-33-54-56-36-44(42-17-6-4-7-18-42)31-34-58(56)68(61(54)40-50)62(38-47)65-57/h4-40H,41H2,1-3H3. The van der Waals surface area contributed by atoms with Gasteiger partial charge in [-0.05, 0) is 111 Å². The second-order valence-electron chi connectivity index (χ2n) is 19.2. The minimum absolute atomic E-state index is 0.162. The van der Waals surface area contributed by atoms with Crippen LogP contribution in [-0.4, -0.2) is 16.2 Å². The Balaban J connectivity index is 1.09. The molecule has 10 bridgehead atoms. The average Bonchev–Trinajstić information content (AvgIpc) is 3.94. The second-order valence-corrected chi connectivity index (χ2v) is 19.2. The Labute approximate surface area is 402 Å². The molecular formula is C64H48N4O. The van der Waals surface area contributed by atoms with Crippen LogP contribution in [0.5, 0.6) is 11.5 Å². The van der Waals surface area contributed by atoms with Gasteiger partial charge in [0, 0.05) is 45.3 Å². The van der Waals surface area contributed by atoms with Crippen molar-refractivity contribution in [3.63, 3.8) is 0 Å². The first-order valence-electron chi connectivity index (χ1n) is 23.8. The number of rotatable bonds is 2. The third-order valence-corrected chi connectivity index (χ3v) is 13.9. The molecule has 2 aliphatic heterocycles. The summed E-state index contributed by atoms with van der Waals surface area (Å²) in [5, 5.41) is 2.29. The van der Waals surface area contributed by atoms with E-state index in [1.807, 2.05) is 0 Å². The Morgan fingerprint density at radius 2 is 1.07 bits per heavy atom. The molecule has 11 aromatic rings. The molecule has 9 aromatic carbocycles. The van der Waals surface area contributed by atoms with Crippen molar-refractivity contribution in [1.82, 2.24) is 9.55 Å². The summed E-state index contributed by atoms with van der Waals surface area (Å²) in [5.74, 6) is 2.37. The Bertz CT molecular complexity index is 3790. The Hall–Kier alpha value is -8.67. The van der Waals surface area contributed by atoms with Gasteiger partial charge >= 0.3 is 0 Å². The summed E-state index contributed by atoms with van der Waals surface area (Å²) in [6, 6.07) is 81.1. The van der Waals surface area contributed by atoms with Crippen molar-refractivity contribution in [3.05, 3.63) is 230 Å². The van der Waals surface area contributed by atoms with Crippen molar-refractivity contribution in [3.8, 4) is 73.1 Å². The molecule has 0 N–H and O–H groups in total. The molecule has 69 heavy (non-hydrogen) atoms. The van der Waals surface area contributed by atoms with Crippen LogP contribution in [0.15, 0.2) is 224 Å². The molecule has 0 fully saturated rings. The molecule has 0 saturated heterocycles. The number of benzene rings is 9. The van der Waals surface area contributed by atoms with Crippen LogP contribution in [0.3, 0.4) is 0 Å². The molecule has 330 valence electrons. The monoisotopic (exact) mass is 888 g/mol. The second kappa shape index (κ2) is 16.0. The fourth-order valence-electron chi connectivity index (χ4n) is 10.5. The zero-order chi connectivity index (χ0) is 46.2. The van der Waals surface area contributed by atoms with Gasteiger partial charge in [0.15, 0.2) is 0 Å². The molecule has 0 radical (unpaired) electrons. The van der Waals surface area contributed by atoms with Gasteiger partial charge in [0.25, 0.3) is 0 Å². The van der Waals surface area contributed by atoms with E-state index in [4.69, 9.17) is 9.72 Å². The minimum atomic E-state index is -0.162. The predicted molar refractivity (Wildman–Crippen MR) is 287 cm³/mol. The molecule has 0 spiro atoms. The van der Waals surface area contributed by atoms with E-state index in [2.05, 4.69) is 260 Å². The third-order valence-electron chi connectivity index (χ3n) is 13.9. The van der Waals surface area contributed by atoms with Crippen molar-refractivity contribution in [2.24, 2.45) is 0 Å². The molecule has 13 rings (SSSR count). The number of para-hydroxylation sites is 3. The number of fused-ring (bicyclic) bond motifs is 23. The quantitative estimate of drug-likeness (QED) is 0.173. The number of nitrogens with zero attached hydrogens (tertiary/aromatic N) is 4. The molecule has 4 heterocycles. The maximum absolute atomic E-state index is 6.92. The number of hydrogen-bond acceptors (Lipinski definition) is 4. The van der Waals surface area contributed by atoms with Gasteiger partial charge in [-0.3, -0.25) is 4.57 Å². The summed E-state index contributed by atoms with van der Waals surface area (Å²) in [5.41, 5.74) is 18.9. The van der Waals surface area contributed by atoms with Crippen LogP contribution in [0.1, 0.15) is 26.3 Å². The van der Waals surface area contributed by atoms with Crippen molar-refractivity contribution >= 4 is 44.6 Å². The summed E-state index contributed by atoms with van der Waals surface area (Å²) in [6.45, 7) is 7.45. The lowest BCUT2D eigenvalue weighted by Gasteiger charge is -2.28. The van der Waals surface area contributed by atoms with Gasteiger partial charge < -0.3 is 14.5 Å². The highest BCUT2D eigenvalue weighted by molar-refractivity contribution is 6.11. The largest absolute Gasteiger partial charge is 0.457 e. The Morgan fingerprint density at radius 1 is 0.420 bits per heavy atom. The zero-order valence-corrected chi connectivity index (χ0v) is 38.8. The van der Waals surface area contributed by atoms with E-state index in [0.29, 0.717) is 6.67 Å². The molecule has 2 aliphatic rings. The number of ether oxygens (including phenoxy) is 1. The van der Waals surface area contributed by atoms with Gasteiger partial charge in [-0.2, -0.15) is 0 Å². The van der Waals surface area contributed by atoms with Crippen LogP contribution in [0, 0.1) is 0 Å². The first-order valence-corrected chi connectivity index (χ1v) is 23.8. The molecule has 5 nitrogen and oxygen atoms in total. The zero-order valence-electron chi connectivity index (χ0n) is 38.8. The lowest BCUT2D eigenvalue weighted by Crippen LogP contribution is -2.25. The van der Waals surface area contributed by atoms with Crippen LogP contribution >= 0.6 is 0 Å². The SMILES string of the molecule is CC(C)(C)c1cc2nc(c1)-n1c3ccc(-c4ccccc4)cc3c3ccc(cc31)Oc1cccc(c1)N1CN(c3ccccc31)c1c(-c3ccccc3)cccc1-c1ccccc1-c1cccc-2c1. The smallest absolute Gasteiger partial charge is 0.138 e. The van der Waals surface area contributed by atoms with E-state index in [0.717, 1.165) is 101 Å². The number of hydrogen-bond donors (Lipinski definition) is 0. The highest BCUT2D eigenvalue weighted by Crippen LogP contribution is 2.52. The van der Waals surface area contributed by atoms with E-state index in [-0.39, 0.29) is 5.41 Å². The van der Waals surface area contributed by atoms with Crippen LogP contribution in [0.4, 0.5) is 22.7 Å². The molecule has 0 aliphatic carbocycles. The van der Waals surface area contributed by atoms with Crippen molar-refractivity contribution < 1.29 is 4.74 Å². The van der Waals surface area contributed by atoms with E-state index in [1.165, 1.54) is 22.3 Å². The van der Waals surface area contributed by atoms with Crippen LogP contribution < -0.4 is 14.5 Å². The van der Waals surface area contributed by atoms with E-state index < -0.39 is 0 Å². The van der Waals surface area contributed by atoms with Gasteiger partial charge in [0.2, 0.25) is 0 Å². The molecule has 5 heteroatoms. The normalized spacial score (nSPS) is 12.9. The maximum atomic E-state index is 6.92. The van der Waals surface area contributed by atoms with Gasteiger partial charge in [0.1, 0.15) is 24.0 Å². The summed E-state index contributed by atoms with van der Waals surface area (Å²) in [6.07, 6.45) is 0. The topological polar surface area (TPSA) is 33.5 Å². The first kappa shape index (κ1) is 40.6. The lowest BCUT2D eigenvalue weighted by molar-refractivity contribution is 0.483. The van der Waals surface area contributed by atoms with Gasteiger partial charge in [-0.1, -0.05) is 166 Å². The van der Waals surface area contributed by atoms with E-state index in [9.17, 15) is 0 Å². The van der Waals surface area contributed by atoms with E-state index >= 15 is 0 Å². The highest BCUT2D eigenvalue weighted by Gasteiger charge is 2.32. The number of aromatic nitrogens is 2. The molecular weight excluding hydrogens is 841 g/mol. The first-order chi connectivity index (χ1) is 33.8. The van der Waals surface area contributed by atoms with Crippen LogP contribution in [0.25, 0.3) is 83.4 Å². The van der Waals surface area contributed by atoms with Crippen LogP contribution in [0.2, 0.25) is 0 Å². The molecule has 2 aromatic heterocycles. The highest BCUT2D eigenvalue weighted by atomic mass is 16.5. The van der Waals surface area contributed by atoms with Crippen molar-refractivity contribution in [2.75, 3.05) is 16.5 Å². The molecule has 0 atom stereocenters.